The van der Waals surface area contributed by atoms with Gasteiger partial charge in [-0.1, -0.05) is 17.7 Å². The molecule has 16 heavy (non-hydrogen) atoms. The second-order valence-corrected chi connectivity index (χ2v) is 3.57. The number of hydrogen-bond acceptors (Lipinski definition) is 3. The van der Waals surface area contributed by atoms with Crippen LogP contribution in [0.5, 0.6) is 11.8 Å². The van der Waals surface area contributed by atoms with Crippen LogP contribution in [0.3, 0.4) is 0 Å². The Bertz CT molecular complexity index is 501. The highest BCUT2D eigenvalue weighted by Crippen LogP contribution is 2.28. The van der Waals surface area contributed by atoms with Gasteiger partial charge in [-0.2, -0.15) is 4.98 Å². The molecule has 84 valence electrons. The molecule has 0 saturated carbocycles. The fourth-order valence-electron chi connectivity index (χ4n) is 1.05. The minimum atomic E-state index is -0.658. The Morgan fingerprint density at radius 1 is 1.44 bits per heavy atom. The Labute approximate surface area is 101 Å². The average molecular weight is 262 g/mol. The maximum atomic E-state index is 13.4. The van der Waals surface area contributed by atoms with Gasteiger partial charge in [0.25, 0.3) is 0 Å². The molecule has 0 unspecified atom stereocenters. The number of ether oxygens (including phenoxy) is 1. The molecule has 0 aliphatic rings. The quantitative estimate of drug-likeness (QED) is 0.784. The molecule has 0 radical (unpaired) electrons. The maximum Gasteiger partial charge on any atom is 0.399 e. The highest BCUT2D eigenvalue weighted by atomic mass is 35.5. The van der Waals surface area contributed by atoms with Crippen LogP contribution in [-0.4, -0.2) is 4.98 Å². The first kappa shape index (κ1) is 11.2. The van der Waals surface area contributed by atoms with Crippen molar-refractivity contribution >= 4 is 23.2 Å². The van der Waals surface area contributed by atoms with Crippen molar-refractivity contribution < 1.29 is 13.5 Å². The van der Waals surface area contributed by atoms with Crippen molar-refractivity contribution in [2.24, 2.45) is 0 Å². The Balaban J connectivity index is 2.23. The summed E-state index contributed by atoms with van der Waals surface area (Å²) in [5.41, 5.74) is 0.513. The summed E-state index contributed by atoms with van der Waals surface area (Å²) in [5, 5.41) is -0.0263. The number of oxazole rings is 1. The van der Waals surface area contributed by atoms with E-state index in [1.54, 1.807) is 6.07 Å². The van der Waals surface area contributed by atoms with Crippen molar-refractivity contribution in [3.8, 4) is 11.8 Å². The summed E-state index contributed by atoms with van der Waals surface area (Å²) in [6.45, 7) is 0. The summed E-state index contributed by atoms with van der Waals surface area (Å²) in [5.74, 6) is -0.504. The third kappa shape index (κ3) is 2.28. The van der Waals surface area contributed by atoms with E-state index in [9.17, 15) is 4.39 Å². The van der Waals surface area contributed by atoms with Gasteiger partial charge in [0.05, 0.1) is 16.6 Å². The lowest BCUT2D eigenvalue weighted by Crippen LogP contribution is -1.89. The van der Waals surface area contributed by atoms with Crippen molar-refractivity contribution in [3.05, 3.63) is 41.0 Å². The second kappa shape index (κ2) is 4.72. The number of hydrogen-bond donors (Lipinski definition) is 0. The third-order valence-electron chi connectivity index (χ3n) is 1.78. The molecule has 0 saturated heterocycles. The molecular weight excluding hydrogens is 256 g/mol. The van der Waals surface area contributed by atoms with Crippen LogP contribution in [0.25, 0.3) is 0 Å². The zero-order valence-electron chi connectivity index (χ0n) is 7.91. The number of benzene rings is 1. The zero-order valence-corrected chi connectivity index (χ0v) is 9.43. The molecular formula is C10H6Cl2FNO2. The van der Waals surface area contributed by atoms with Gasteiger partial charge in [-0.25, -0.2) is 4.39 Å². The lowest BCUT2D eigenvalue weighted by Gasteiger charge is -2.02. The monoisotopic (exact) mass is 261 g/mol. The molecule has 1 heterocycles. The minimum absolute atomic E-state index is 0.0263. The second-order valence-electron chi connectivity index (χ2n) is 2.89. The number of rotatable bonds is 3. The van der Waals surface area contributed by atoms with E-state index in [2.05, 4.69) is 4.98 Å². The topological polar surface area (TPSA) is 35.3 Å². The van der Waals surface area contributed by atoms with Gasteiger partial charge in [0.15, 0.2) is 11.6 Å². The van der Waals surface area contributed by atoms with Crippen molar-refractivity contribution in [2.75, 3.05) is 0 Å². The van der Waals surface area contributed by atoms with Gasteiger partial charge in [-0.15, -0.1) is 11.6 Å². The molecule has 0 bridgehead atoms. The van der Waals surface area contributed by atoms with Gasteiger partial charge >= 0.3 is 6.08 Å². The molecule has 6 heteroatoms. The van der Waals surface area contributed by atoms with Gasteiger partial charge in [0.1, 0.15) is 6.26 Å². The number of nitrogens with zero attached hydrogens (tertiary/aromatic N) is 1. The van der Waals surface area contributed by atoms with Crippen molar-refractivity contribution in [3.63, 3.8) is 0 Å². The van der Waals surface area contributed by atoms with E-state index in [4.69, 9.17) is 32.4 Å². The van der Waals surface area contributed by atoms with Crippen LogP contribution in [0.2, 0.25) is 5.02 Å². The molecule has 0 fully saturated rings. The third-order valence-corrected chi connectivity index (χ3v) is 2.35. The van der Waals surface area contributed by atoms with Crippen LogP contribution >= 0.6 is 23.2 Å². The maximum absolute atomic E-state index is 13.4. The van der Waals surface area contributed by atoms with Crippen LogP contribution in [0.4, 0.5) is 4.39 Å². The van der Waals surface area contributed by atoms with E-state index in [1.165, 1.54) is 18.4 Å². The molecule has 2 aromatic rings. The van der Waals surface area contributed by atoms with E-state index >= 15 is 0 Å². The molecule has 1 aromatic carbocycles. The highest BCUT2D eigenvalue weighted by molar-refractivity contribution is 6.30. The van der Waals surface area contributed by atoms with Crippen molar-refractivity contribution in [2.45, 2.75) is 5.88 Å². The minimum Gasteiger partial charge on any atom is -0.417 e. The van der Waals surface area contributed by atoms with Gasteiger partial charge < -0.3 is 9.15 Å². The first-order chi connectivity index (χ1) is 7.70. The number of alkyl halides is 1. The summed E-state index contributed by atoms with van der Waals surface area (Å²) in [6, 6.07) is 4.40. The smallest absolute Gasteiger partial charge is 0.399 e. The molecule has 0 aliphatic carbocycles. The summed E-state index contributed by atoms with van der Waals surface area (Å²) < 4.78 is 23.4. The Morgan fingerprint density at radius 3 is 2.94 bits per heavy atom. The molecule has 0 aliphatic heterocycles. The fourth-order valence-corrected chi connectivity index (χ4v) is 1.34. The van der Waals surface area contributed by atoms with E-state index in [1.807, 2.05) is 0 Å². The largest absolute Gasteiger partial charge is 0.417 e. The number of aromatic nitrogens is 1. The first-order valence-corrected chi connectivity index (χ1v) is 5.24. The van der Waals surface area contributed by atoms with Gasteiger partial charge in [-0.05, 0) is 12.1 Å². The first-order valence-electron chi connectivity index (χ1n) is 4.33. The fraction of sp³-hybridized carbons (Fsp3) is 0.100. The van der Waals surface area contributed by atoms with E-state index in [-0.39, 0.29) is 22.7 Å². The average Bonchev–Trinajstić information content (AvgIpc) is 2.73. The predicted octanol–water partition coefficient (Wildman–Crippen LogP) is 4.00. The zero-order chi connectivity index (χ0) is 11.5. The van der Waals surface area contributed by atoms with Crippen molar-refractivity contribution in [1.82, 2.24) is 4.98 Å². The molecule has 2 rings (SSSR count). The lowest BCUT2D eigenvalue weighted by atomic mass is 10.3. The Morgan fingerprint density at radius 2 is 2.25 bits per heavy atom. The summed E-state index contributed by atoms with van der Waals surface area (Å²) in [4.78, 5) is 3.86. The van der Waals surface area contributed by atoms with E-state index in [0.29, 0.717) is 5.69 Å². The predicted molar refractivity (Wildman–Crippen MR) is 57.5 cm³/mol. The van der Waals surface area contributed by atoms with Gasteiger partial charge in [0.2, 0.25) is 0 Å². The summed E-state index contributed by atoms with van der Waals surface area (Å²) in [6.07, 6.45) is 1.27. The Hall–Kier alpha value is -1.26. The van der Waals surface area contributed by atoms with E-state index < -0.39 is 5.82 Å². The molecule has 0 N–H and O–H groups in total. The number of halogens is 3. The van der Waals surface area contributed by atoms with Gasteiger partial charge in [-0.3, -0.25) is 0 Å². The highest BCUT2D eigenvalue weighted by Gasteiger charge is 2.11. The van der Waals surface area contributed by atoms with Crippen LogP contribution < -0.4 is 4.74 Å². The van der Waals surface area contributed by atoms with Gasteiger partial charge in [0, 0.05) is 0 Å². The normalized spacial score (nSPS) is 10.4. The van der Waals surface area contributed by atoms with Crippen molar-refractivity contribution in [1.29, 1.82) is 0 Å². The SMILES string of the molecule is Fc1c(Cl)cccc1Oc1nc(CCl)co1. The lowest BCUT2D eigenvalue weighted by molar-refractivity contribution is 0.318. The van der Waals surface area contributed by atoms with E-state index in [0.717, 1.165) is 0 Å². The van der Waals surface area contributed by atoms with Crippen LogP contribution in [0.1, 0.15) is 5.69 Å². The standard InChI is InChI=1S/C10H6Cl2FNO2/c11-4-6-5-15-10(14-6)16-8-3-1-2-7(12)9(8)13/h1-3,5H,4H2. The molecule has 3 nitrogen and oxygen atoms in total. The Kier molecular flexibility index (Phi) is 3.31. The van der Waals surface area contributed by atoms with Crippen LogP contribution in [0.15, 0.2) is 28.9 Å². The summed E-state index contributed by atoms with van der Waals surface area (Å²) >= 11 is 11.1. The molecule has 0 spiro atoms. The molecule has 0 atom stereocenters. The van der Waals surface area contributed by atoms with Crippen LogP contribution in [0, 0.1) is 5.82 Å². The molecule has 1 aromatic heterocycles. The molecule has 0 amide bonds. The van der Waals surface area contributed by atoms with Crippen LogP contribution in [-0.2, 0) is 5.88 Å². The summed E-state index contributed by atoms with van der Waals surface area (Å²) in [7, 11) is 0.